The number of amides is 1. The molecular weight excluding hydrogens is 420 g/mol. The number of likely N-dealkylation sites (tertiary alicyclic amines) is 1. The Morgan fingerprint density at radius 3 is 2.33 bits per heavy atom. The lowest BCUT2D eigenvalue weighted by atomic mass is 9.91. The largest absolute Gasteiger partial charge is 0.508 e. The summed E-state index contributed by atoms with van der Waals surface area (Å²) in [4.78, 5) is 47.6. The van der Waals surface area contributed by atoms with Crippen LogP contribution in [-0.2, 0) is 30.4 Å². The van der Waals surface area contributed by atoms with Gasteiger partial charge in [0, 0.05) is 12.1 Å². The van der Waals surface area contributed by atoms with Crippen molar-refractivity contribution in [1.82, 2.24) is 4.90 Å². The highest BCUT2D eigenvalue weighted by Crippen LogP contribution is 2.38. The third kappa shape index (κ3) is 4.88. The van der Waals surface area contributed by atoms with Gasteiger partial charge in [-0.15, -0.1) is 0 Å². The molecule has 11 heteroatoms. The van der Waals surface area contributed by atoms with E-state index in [0.29, 0.717) is 11.1 Å². The fourth-order valence-electron chi connectivity index (χ4n) is 2.89. The number of nitro benzene ring substituents is 1. The Hall–Kier alpha value is -3.14. The average Bonchev–Trinajstić information content (AvgIpc) is 2.69. The number of hydrogen-bond acceptors (Lipinski definition) is 8. The average molecular weight is 441 g/mol. The predicted molar refractivity (Wildman–Crippen MR) is 104 cm³/mol. The number of non-ortho nitro benzene ring substituents is 1. The molecule has 1 saturated heterocycles. The smallest absolute Gasteiger partial charge is 0.464 e. The van der Waals surface area contributed by atoms with Crippen LogP contribution < -0.4 is 0 Å². The first-order chi connectivity index (χ1) is 14.1. The van der Waals surface area contributed by atoms with E-state index in [9.17, 15) is 24.5 Å². The molecular formula is C19H21ClN2O8. The van der Waals surface area contributed by atoms with Gasteiger partial charge in [-0.2, -0.15) is 0 Å². The molecule has 1 aliphatic heterocycles. The quantitative estimate of drug-likeness (QED) is 0.120. The topological polar surface area (TPSA) is 125 Å². The Bertz CT molecular complexity index is 879. The molecule has 1 heterocycles. The number of hydrogen-bond donors (Lipinski definition) is 0. The third-order valence-electron chi connectivity index (χ3n) is 4.45. The lowest BCUT2D eigenvalue weighted by Gasteiger charge is -2.45. The van der Waals surface area contributed by atoms with E-state index in [0.717, 1.165) is 4.90 Å². The number of halogens is 1. The third-order valence-corrected chi connectivity index (χ3v) is 4.92. The van der Waals surface area contributed by atoms with Crippen LogP contribution in [0.3, 0.4) is 0 Å². The summed E-state index contributed by atoms with van der Waals surface area (Å²) in [5, 5.41) is 10.6. The zero-order chi connectivity index (χ0) is 22.6. The number of allylic oxidation sites excluding steroid dienone is 1. The summed E-state index contributed by atoms with van der Waals surface area (Å²) < 4.78 is 14.8. The lowest BCUT2D eigenvalue weighted by molar-refractivity contribution is -0.384. The number of nitro groups is 1. The Morgan fingerprint density at radius 2 is 1.87 bits per heavy atom. The summed E-state index contributed by atoms with van der Waals surface area (Å²) in [6, 6.07) is 5.47. The molecule has 162 valence electrons. The Balaban J connectivity index is 1.93. The van der Waals surface area contributed by atoms with E-state index in [2.05, 4.69) is 4.74 Å². The van der Waals surface area contributed by atoms with Crippen LogP contribution in [0.15, 0.2) is 35.5 Å². The van der Waals surface area contributed by atoms with Crippen molar-refractivity contribution in [1.29, 1.82) is 0 Å². The Labute approximate surface area is 177 Å². The highest BCUT2D eigenvalue weighted by molar-refractivity contribution is 6.26. The van der Waals surface area contributed by atoms with Crippen molar-refractivity contribution >= 4 is 35.3 Å². The zero-order valence-electron chi connectivity index (χ0n) is 16.8. The molecule has 0 N–H and O–H groups in total. The van der Waals surface area contributed by atoms with Gasteiger partial charge >= 0.3 is 12.1 Å². The van der Waals surface area contributed by atoms with Crippen LogP contribution in [0.5, 0.6) is 0 Å². The number of methoxy groups -OCH3 is 1. The van der Waals surface area contributed by atoms with E-state index in [1.165, 1.54) is 38.3 Å². The van der Waals surface area contributed by atoms with Crippen molar-refractivity contribution in [3.8, 4) is 0 Å². The highest BCUT2D eigenvalue weighted by Gasteiger charge is 2.53. The second-order valence-electron chi connectivity index (χ2n) is 6.73. The van der Waals surface area contributed by atoms with E-state index >= 15 is 0 Å². The number of carbonyl (C=O) groups excluding carboxylic acids is 3. The number of rotatable bonds is 7. The van der Waals surface area contributed by atoms with Gasteiger partial charge in [-0.3, -0.25) is 19.8 Å². The maximum Gasteiger partial charge on any atom is 0.508 e. The molecule has 0 unspecified atom stereocenters. The molecule has 1 aliphatic rings. The first-order valence-corrected chi connectivity index (χ1v) is 9.31. The SMILES string of the molecule is COC(=O)C(=C(C)C)N1C(=O)[C@H]([C@H](C)OC(=O)OCc2ccc([N+](=O)[O-])cc2)[C@H]1Cl. The van der Waals surface area contributed by atoms with Crippen molar-refractivity contribution in [2.45, 2.75) is 39.0 Å². The van der Waals surface area contributed by atoms with Gasteiger partial charge in [-0.05, 0) is 44.0 Å². The number of alkyl halides is 1. The Morgan fingerprint density at radius 1 is 1.27 bits per heavy atom. The summed E-state index contributed by atoms with van der Waals surface area (Å²) in [7, 11) is 1.20. The molecule has 0 radical (unpaired) electrons. The van der Waals surface area contributed by atoms with Crippen LogP contribution in [0, 0.1) is 16.0 Å². The molecule has 0 aromatic heterocycles. The summed E-state index contributed by atoms with van der Waals surface area (Å²) >= 11 is 6.28. The van der Waals surface area contributed by atoms with Crippen molar-refractivity contribution in [2.24, 2.45) is 5.92 Å². The molecule has 1 amide bonds. The van der Waals surface area contributed by atoms with Gasteiger partial charge in [0.15, 0.2) is 0 Å². The standard InChI is InChI=1S/C19H21ClN2O8/c1-10(2)15(18(24)28-4)21-16(20)14(17(21)23)11(3)30-19(25)29-9-12-5-7-13(8-6-12)22(26)27/h5-8,11,14,16H,9H2,1-4H3/t11-,14+,16-/m0/s1. The summed E-state index contributed by atoms with van der Waals surface area (Å²) in [5.74, 6) is -2.03. The van der Waals surface area contributed by atoms with Gasteiger partial charge in [0.25, 0.3) is 5.69 Å². The number of carbonyl (C=O) groups is 3. The number of ether oxygens (including phenoxy) is 3. The van der Waals surface area contributed by atoms with E-state index in [-0.39, 0.29) is 18.0 Å². The summed E-state index contributed by atoms with van der Waals surface area (Å²) in [5.41, 5.74) is 0.137. The maximum absolute atomic E-state index is 12.5. The number of β-lactam (4-membered cyclic amide) rings is 1. The van der Waals surface area contributed by atoms with E-state index in [4.69, 9.17) is 21.1 Å². The minimum absolute atomic E-state index is 0.0479. The maximum atomic E-state index is 12.5. The molecule has 0 aliphatic carbocycles. The second-order valence-corrected chi connectivity index (χ2v) is 7.18. The van der Waals surface area contributed by atoms with Crippen LogP contribution in [0.2, 0.25) is 0 Å². The number of esters is 1. The van der Waals surface area contributed by atoms with Crippen molar-refractivity contribution in [2.75, 3.05) is 7.11 Å². The number of nitrogens with zero attached hydrogens (tertiary/aromatic N) is 2. The van der Waals surface area contributed by atoms with Gasteiger partial charge in [0.05, 0.1) is 12.0 Å². The molecule has 2 rings (SSSR count). The first-order valence-electron chi connectivity index (χ1n) is 8.88. The van der Waals surface area contributed by atoms with Gasteiger partial charge in [0.1, 0.15) is 29.8 Å². The van der Waals surface area contributed by atoms with Crippen LogP contribution in [0.25, 0.3) is 0 Å². The van der Waals surface area contributed by atoms with Crippen molar-refractivity contribution < 1.29 is 33.5 Å². The normalized spacial score (nSPS) is 18.7. The van der Waals surface area contributed by atoms with E-state index < -0.39 is 40.5 Å². The molecule has 10 nitrogen and oxygen atoms in total. The van der Waals surface area contributed by atoms with Gasteiger partial charge < -0.3 is 14.2 Å². The van der Waals surface area contributed by atoms with Crippen LogP contribution >= 0.6 is 11.6 Å². The second kappa shape index (κ2) is 9.57. The highest BCUT2D eigenvalue weighted by atomic mass is 35.5. The summed E-state index contributed by atoms with van der Waals surface area (Å²) in [6.07, 6.45) is -1.93. The molecule has 3 atom stereocenters. The van der Waals surface area contributed by atoms with Crippen LogP contribution in [-0.4, -0.2) is 46.6 Å². The summed E-state index contributed by atoms with van der Waals surface area (Å²) in [6.45, 7) is 4.61. The molecule has 1 fully saturated rings. The molecule has 30 heavy (non-hydrogen) atoms. The molecule has 0 spiro atoms. The monoisotopic (exact) mass is 440 g/mol. The minimum atomic E-state index is -1.02. The van der Waals surface area contributed by atoms with Crippen LogP contribution in [0.1, 0.15) is 26.3 Å². The first kappa shape index (κ1) is 23.1. The molecule has 0 saturated carbocycles. The molecule has 1 aromatic carbocycles. The van der Waals surface area contributed by atoms with Crippen molar-refractivity contribution in [3.63, 3.8) is 0 Å². The van der Waals surface area contributed by atoms with Gasteiger partial charge in [-0.25, -0.2) is 9.59 Å². The van der Waals surface area contributed by atoms with Crippen LogP contribution in [0.4, 0.5) is 10.5 Å². The predicted octanol–water partition coefficient (Wildman–Crippen LogP) is 3.13. The fraction of sp³-hybridized carbons (Fsp3) is 0.421. The fourth-order valence-corrected chi connectivity index (χ4v) is 3.40. The minimum Gasteiger partial charge on any atom is -0.464 e. The van der Waals surface area contributed by atoms with E-state index in [1.54, 1.807) is 13.8 Å². The van der Waals surface area contributed by atoms with Crippen molar-refractivity contribution in [3.05, 3.63) is 51.2 Å². The number of benzene rings is 1. The zero-order valence-corrected chi connectivity index (χ0v) is 17.5. The van der Waals surface area contributed by atoms with Gasteiger partial charge in [-0.1, -0.05) is 11.6 Å². The van der Waals surface area contributed by atoms with Gasteiger partial charge in [0.2, 0.25) is 5.91 Å². The van der Waals surface area contributed by atoms with E-state index in [1.807, 2.05) is 0 Å². The molecule has 0 bridgehead atoms. The Kier molecular flexibility index (Phi) is 7.38. The lowest BCUT2D eigenvalue weighted by Crippen LogP contribution is -2.62. The molecule has 1 aromatic rings.